The van der Waals surface area contributed by atoms with Gasteiger partial charge in [0, 0.05) is 38.6 Å². The summed E-state index contributed by atoms with van der Waals surface area (Å²) in [6.07, 6.45) is 5.87. The molecule has 172 valence electrons. The molecular formula is C20H27F3N4O4. The quantitative estimate of drug-likeness (QED) is 0.764. The van der Waals surface area contributed by atoms with E-state index < -0.39 is 12.1 Å². The molecular weight excluding hydrogens is 417 g/mol. The van der Waals surface area contributed by atoms with E-state index in [4.69, 9.17) is 14.6 Å². The van der Waals surface area contributed by atoms with Crippen molar-refractivity contribution in [3.63, 3.8) is 0 Å². The van der Waals surface area contributed by atoms with Crippen LogP contribution in [0.4, 0.5) is 13.2 Å². The Hall–Kier alpha value is -2.27. The van der Waals surface area contributed by atoms with Crippen LogP contribution in [0.15, 0.2) is 18.6 Å². The zero-order valence-electron chi connectivity index (χ0n) is 17.2. The molecule has 1 spiro atoms. The lowest BCUT2D eigenvalue weighted by Gasteiger charge is -2.48. The van der Waals surface area contributed by atoms with Gasteiger partial charge in [-0.25, -0.2) is 9.78 Å². The van der Waals surface area contributed by atoms with E-state index in [9.17, 15) is 18.0 Å². The van der Waals surface area contributed by atoms with E-state index in [0.717, 1.165) is 31.8 Å². The second kappa shape index (κ2) is 9.90. The van der Waals surface area contributed by atoms with Crippen molar-refractivity contribution in [2.24, 2.45) is 5.92 Å². The van der Waals surface area contributed by atoms with E-state index in [2.05, 4.69) is 14.9 Å². The fourth-order valence-electron chi connectivity index (χ4n) is 4.08. The normalized spacial score (nSPS) is 21.7. The van der Waals surface area contributed by atoms with Gasteiger partial charge in [-0.2, -0.15) is 13.2 Å². The van der Waals surface area contributed by atoms with Crippen molar-refractivity contribution < 1.29 is 32.6 Å². The number of hydrogen-bond acceptors (Lipinski definition) is 6. The molecule has 1 N–H and O–H groups in total. The number of piperidine rings is 1. The number of likely N-dealkylation sites (tertiary alicyclic amines) is 1. The number of alkyl halides is 3. The summed E-state index contributed by atoms with van der Waals surface area (Å²) in [4.78, 5) is 34.2. The first-order valence-corrected chi connectivity index (χ1v) is 10.4. The minimum atomic E-state index is -5.08. The summed E-state index contributed by atoms with van der Waals surface area (Å²) in [5.41, 5.74) is 0.267. The fourth-order valence-corrected chi connectivity index (χ4v) is 4.08. The number of amides is 1. The van der Waals surface area contributed by atoms with Gasteiger partial charge in [0.15, 0.2) is 0 Å². The molecule has 1 saturated carbocycles. The average Bonchev–Trinajstić information content (AvgIpc) is 2.72. The molecule has 4 rings (SSSR count). The molecule has 1 aromatic heterocycles. The van der Waals surface area contributed by atoms with E-state index in [-0.39, 0.29) is 11.5 Å². The molecule has 3 heterocycles. The van der Waals surface area contributed by atoms with Crippen LogP contribution >= 0.6 is 0 Å². The predicted molar refractivity (Wildman–Crippen MR) is 103 cm³/mol. The van der Waals surface area contributed by atoms with Crippen molar-refractivity contribution in [3.05, 3.63) is 24.3 Å². The third-order valence-corrected chi connectivity index (χ3v) is 6.07. The van der Waals surface area contributed by atoms with Crippen molar-refractivity contribution in [3.8, 4) is 0 Å². The molecule has 2 saturated heterocycles. The van der Waals surface area contributed by atoms with Crippen LogP contribution in [-0.2, 0) is 9.53 Å². The van der Waals surface area contributed by atoms with E-state index >= 15 is 0 Å². The minimum Gasteiger partial charge on any atom is -0.475 e. The highest BCUT2D eigenvalue weighted by Crippen LogP contribution is 2.33. The lowest BCUT2D eigenvalue weighted by molar-refractivity contribution is -0.192. The van der Waals surface area contributed by atoms with Crippen LogP contribution in [0.1, 0.15) is 42.6 Å². The number of carbonyl (C=O) groups is 2. The molecule has 31 heavy (non-hydrogen) atoms. The van der Waals surface area contributed by atoms with Gasteiger partial charge < -0.3 is 19.6 Å². The lowest BCUT2D eigenvalue weighted by atomic mass is 9.83. The molecule has 0 atom stereocenters. The van der Waals surface area contributed by atoms with Crippen LogP contribution in [0.2, 0.25) is 0 Å². The third kappa shape index (κ3) is 6.36. The summed E-state index contributed by atoms with van der Waals surface area (Å²) in [6.45, 7) is 5.36. The Morgan fingerprint density at radius 3 is 2.39 bits per heavy atom. The molecule has 0 unspecified atom stereocenters. The van der Waals surface area contributed by atoms with Gasteiger partial charge in [-0.1, -0.05) is 6.42 Å². The molecule has 11 heteroatoms. The van der Waals surface area contributed by atoms with Crippen molar-refractivity contribution in [2.75, 3.05) is 39.3 Å². The van der Waals surface area contributed by atoms with E-state index in [0.29, 0.717) is 25.4 Å². The molecule has 3 aliphatic rings. The van der Waals surface area contributed by atoms with Crippen molar-refractivity contribution >= 4 is 11.9 Å². The maximum atomic E-state index is 12.6. The Morgan fingerprint density at radius 2 is 1.87 bits per heavy atom. The molecule has 0 radical (unpaired) electrons. The second-order valence-corrected chi connectivity index (χ2v) is 8.25. The summed E-state index contributed by atoms with van der Waals surface area (Å²) in [6, 6.07) is 0. The third-order valence-electron chi connectivity index (χ3n) is 6.07. The summed E-state index contributed by atoms with van der Waals surface area (Å²) < 4.78 is 37.9. The fraction of sp³-hybridized carbons (Fsp3) is 0.700. The minimum absolute atomic E-state index is 0.0253. The largest absolute Gasteiger partial charge is 0.490 e. The highest BCUT2D eigenvalue weighted by Gasteiger charge is 2.41. The highest BCUT2D eigenvalue weighted by molar-refractivity contribution is 5.92. The average molecular weight is 444 g/mol. The Morgan fingerprint density at radius 1 is 1.19 bits per heavy atom. The van der Waals surface area contributed by atoms with Crippen LogP contribution in [0.3, 0.4) is 0 Å². The standard InChI is InChI=1S/C18H26N4O2.C2HF3O2/c23-17(16-12-19-6-7-20-16)22-10-11-24-18(14-22)4-8-21(9-5-18)13-15-2-1-3-15;3-2(4,5)1(6)7/h6-7,12,15H,1-5,8-11,13-14H2;(H,6,7). The number of rotatable bonds is 3. The van der Waals surface area contributed by atoms with Gasteiger partial charge >= 0.3 is 12.1 Å². The number of carboxylic acids is 1. The van der Waals surface area contributed by atoms with Crippen LogP contribution in [-0.4, -0.2) is 87.9 Å². The van der Waals surface area contributed by atoms with Crippen molar-refractivity contribution in [1.29, 1.82) is 0 Å². The monoisotopic (exact) mass is 444 g/mol. The van der Waals surface area contributed by atoms with Crippen LogP contribution in [0.5, 0.6) is 0 Å². The first-order chi connectivity index (χ1) is 14.7. The van der Waals surface area contributed by atoms with Gasteiger partial charge in [-0.15, -0.1) is 0 Å². The summed E-state index contributed by atoms with van der Waals surface area (Å²) in [5.74, 6) is -1.86. The first kappa shape index (κ1) is 23.4. The maximum Gasteiger partial charge on any atom is 0.490 e. The zero-order valence-corrected chi connectivity index (χ0v) is 17.2. The number of aromatic nitrogens is 2. The van der Waals surface area contributed by atoms with Gasteiger partial charge in [0.05, 0.1) is 24.9 Å². The Balaban J connectivity index is 0.000000339. The molecule has 0 bridgehead atoms. The summed E-state index contributed by atoms with van der Waals surface area (Å²) >= 11 is 0. The first-order valence-electron chi connectivity index (χ1n) is 10.4. The summed E-state index contributed by atoms with van der Waals surface area (Å²) in [7, 11) is 0. The molecule has 2 aliphatic heterocycles. The van der Waals surface area contributed by atoms with Gasteiger partial charge in [0.1, 0.15) is 5.69 Å². The van der Waals surface area contributed by atoms with Crippen LogP contribution in [0.25, 0.3) is 0 Å². The topological polar surface area (TPSA) is 95.9 Å². The number of hydrogen-bond donors (Lipinski definition) is 1. The van der Waals surface area contributed by atoms with Crippen LogP contribution in [0, 0.1) is 5.92 Å². The molecule has 0 aromatic carbocycles. The van der Waals surface area contributed by atoms with E-state index in [1.165, 1.54) is 25.8 Å². The van der Waals surface area contributed by atoms with Gasteiger partial charge in [-0.3, -0.25) is 9.78 Å². The highest BCUT2D eigenvalue weighted by atomic mass is 19.4. The number of aliphatic carboxylic acids is 1. The number of nitrogens with zero attached hydrogens (tertiary/aromatic N) is 4. The SMILES string of the molecule is O=C(O)C(F)(F)F.O=C(c1cnccn1)N1CCOC2(CCN(CC3CCC3)CC2)C1. The Bertz CT molecular complexity index is 751. The number of morpholine rings is 1. The second-order valence-electron chi connectivity index (χ2n) is 8.25. The Kier molecular flexibility index (Phi) is 7.47. The van der Waals surface area contributed by atoms with Gasteiger partial charge in [-0.05, 0) is 31.6 Å². The smallest absolute Gasteiger partial charge is 0.475 e. The number of halogens is 3. The van der Waals surface area contributed by atoms with E-state index in [1.54, 1.807) is 18.6 Å². The molecule has 1 aromatic rings. The summed E-state index contributed by atoms with van der Waals surface area (Å²) in [5, 5.41) is 7.12. The van der Waals surface area contributed by atoms with Crippen LogP contribution < -0.4 is 0 Å². The predicted octanol–water partition coefficient (Wildman–Crippen LogP) is 2.22. The molecule has 1 aliphatic carbocycles. The van der Waals surface area contributed by atoms with Crippen molar-refractivity contribution in [1.82, 2.24) is 19.8 Å². The molecule has 8 nitrogen and oxygen atoms in total. The maximum absolute atomic E-state index is 12.6. The Labute approximate surface area is 178 Å². The number of carbonyl (C=O) groups excluding carboxylic acids is 1. The molecule has 3 fully saturated rings. The van der Waals surface area contributed by atoms with E-state index in [1.807, 2.05) is 4.90 Å². The number of carboxylic acid groups (broad SMARTS) is 1. The molecule has 1 amide bonds. The van der Waals surface area contributed by atoms with Gasteiger partial charge in [0.2, 0.25) is 0 Å². The zero-order chi connectivity index (χ0) is 22.5. The van der Waals surface area contributed by atoms with Gasteiger partial charge in [0.25, 0.3) is 5.91 Å². The number of ether oxygens (including phenoxy) is 1. The lowest BCUT2D eigenvalue weighted by Crippen LogP contribution is -2.58. The van der Waals surface area contributed by atoms with Crippen molar-refractivity contribution in [2.45, 2.75) is 43.9 Å².